The van der Waals surface area contributed by atoms with E-state index in [1.54, 1.807) is 0 Å². The predicted molar refractivity (Wildman–Crippen MR) is 103 cm³/mol. The van der Waals surface area contributed by atoms with Crippen molar-refractivity contribution >= 4 is 0 Å². The fourth-order valence-electron chi connectivity index (χ4n) is 5.01. The third-order valence-corrected chi connectivity index (χ3v) is 6.74. The van der Waals surface area contributed by atoms with Crippen molar-refractivity contribution < 1.29 is 4.74 Å². The van der Waals surface area contributed by atoms with E-state index in [4.69, 9.17) is 4.74 Å². The lowest BCUT2D eigenvalue weighted by Gasteiger charge is -2.50. The van der Waals surface area contributed by atoms with Gasteiger partial charge in [-0.3, -0.25) is 0 Å². The summed E-state index contributed by atoms with van der Waals surface area (Å²) in [5.74, 6) is 3.99. The predicted octanol–water partition coefficient (Wildman–Crippen LogP) is 6.95. The molecule has 1 heteroatoms. The monoisotopic (exact) mass is 324 g/mol. The van der Waals surface area contributed by atoms with Crippen LogP contribution in [0.4, 0.5) is 0 Å². The summed E-state index contributed by atoms with van der Waals surface area (Å²) < 4.78 is 6.22. The Labute approximate surface area is 147 Å². The first-order valence-corrected chi connectivity index (χ1v) is 10.1. The summed E-state index contributed by atoms with van der Waals surface area (Å²) in [5, 5.41) is 0. The van der Waals surface area contributed by atoms with Crippen LogP contribution in [0.2, 0.25) is 0 Å². The first-order valence-electron chi connectivity index (χ1n) is 10.1. The average molecular weight is 325 g/mol. The van der Waals surface area contributed by atoms with Gasteiger partial charge in [-0.05, 0) is 67.1 Å². The van der Waals surface area contributed by atoms with E-state index in [2.05, 4.69) is 55.4 Å². The average Bonchev–Trinajstić information content (AvgIpc) is 2.44. The highest BCUT2D eigenvalue weighted by Crippen LogP contribution is 2.50. The zero-order valence-electron chi connectivity index (χ0n) is 17.5. The standard InChI is InChI=1S/C22H44O/c1-10-17(4)18(5)14-22(23-9)12-11-20(21(6,7)8)19(15-22)13-16(2)3/h16-20H,10-15H2,1-9H3. The molecule has 23 heavy (non-hydrogen) atoms. The first kappa shape index (κ1) is 21.0. The van der Waals surface area contributed by atoms with E-state index in [1.807, 2.05) is 7.11 Å². The van der Waals surface area contributed by atoms with Crippen LogP contribution in [0.3, 0.4) is 0 Å². The van der Waals surface area contributed by atoms with E-state index in [0.717, 1.165) is 29.6 Å². The molecule has 0 aromatic rings. The van der Waals surface area contributed by atoms with E-state index in [1.165, 1.54) is 38.5 Å². The van der Waals surface area contributed by atoms with Crippen LogP contribution in [0.15, 0.2) is 0 Å². The smallest absolute Gasteiger partial charge is 0.0684 e. The molecule has 0 radical (unpaired) electrons. The van der Waals surface area contributed by atoms with Gasteiger partial charge in [0.25, 0.3) is 0 Å². The number of ether oxygens (including phenoxy) is 1. The van der Waals surface area contributed by atoms with Crippen molar-refractivity contribution in [2.45, 2.75) is 99.5 Å². The van der Waals surface area contributed by atoms with Crippen molar-refractivity contribution in [2.75, 3.05) is 7.11 Å². The molecular formula is C22H44O. The van der Waals surface area contributed by atoms with Crippen LogP contribution in [-0.2, 0) is 4.74 Å². The maximum Gasteiger partial charge on any atom is 0.0684 e. The molecule has 5 unspecified atom stereocenters. The van der Waals surface area contributed by atoms with Crippen LogP contribution in [0.25, 0.3) is 0 Å². The van der Waals surface area contributed by atoms with Gasteiger partial charge >= 0.3 is 0 Å². The highest BCUT2D eigenvalue weighted by molar-refractivity contribution is 4.96. The topological polar surface area (TPSA) is 9.23 Å². The molecule has 0 saturated heterocycles. The SMILES string of the molecule is CCC(C)C(C)CC1(OC)CCC(C(C)(C)C)C(CC(C)C)C1. The Morgan fingerprint density at radius 1 is 1.09 bits per heavy atom. The van der Waals surface area contributed by atoms with E-state index < -0.39 is 0 Å². The van der Waals surface area contributed by atoms with Gasteiger partial charge in [-0.15, -0.1) is 0 Å². The molecular weight excluding hydrogens is 280 g/mol. The minimum atomic E-state index is 0.129. The third-order valence-electron chi connectivity index (χ3n) is 6.74. The maximum atomic E-state index is 6.22. The molecule has 1 aliphatic rings. The number of rotatable bonds is 7. The zero-order valence-corrected chi connectivity index (χ0v) is 17.5. The Morgan fingerprint density at radius 2 is 1.70 bits per heavy atom. The first-order chi connectivity index (χ1) is 10.5. The van der Waals surface area contributed by atoms with E-state index in [9.17, 15) is 0 Å². The Kier molecular flexibility index (Phi) is 7.64. The lowest BCUT2D eigenvalue weighted by Crippen LogP contribution is -2.46. The van der Waals surface area contributed by atoms with Crippen molar-refractivity contribution in [2.24, 2.45) is 35.0 Å². The summed E-state index contributed by atoms with van der Waals surface area (Å²) in [4.78, 5) is 0. The lowest BCUT2D eigenvalue weighted by atomic mass is 9.59. The molecule has 0 aromatic carbocycles. The van der Waals surface area contributed by atoms with Gasteiger partial charge in [0, 0.05) is 7.11 Å². The van der Waals surface area contributed by atoms with Crippen LogP contribution in [0.5, 0.6) is 0 Å². The molecule has 0 aliphatic heterocycles. The Morgan fingerprint density at radius 3 is 2.13 bits per heavy atom. The third kappa shape index (κ3) is 5.76. The normalized spacial score (nSPS) is 32.1. The molecule has 1 nitrogen and oxygen atoms in total. The summed E-state index contributed by atoms with van der Waals surface area (Å²) >= 11 is 0. The van der Waals surface area contributed by atoms with Crippen LogP contribution in [0, 0.1) is 35.0 Å². The largest absolute Gasteiger partial charge is 0.378 e. The molecule has 0 N–H and O–H groups in total. The molecule has 0 spiro atoms. The molecule has 1 aliphatic carbocycles. The second-order valence-corrected chi connectivity index (χ2v) is 10.1. The highest BCUT2D eigenvalue weighted by atomic mass is 16.5. The van der Waals surface area contributed by atoms with Gasteiger partial charge in [-0.25, -0.2) is 0 Å². The quantitative estimate of drug-likeness (QED) is 0.492. The van der Waals surface area contributed by atoms with Gasteiger partial charge in [0.1, 0.15) is 0 Å². The van der Waals surface area contributed by atoms with Crippen LogP contribution in [0.1, 0.15) is 93.9 Å². The fraction of sp³-hybridized carbons (Fsp3) is 1.00. The fourth-order valence-corrected chi connectivity index (χ4v) is 5.01. The van der Waals surface area contributed by atoms with Gasteiger partial charge in [0.05, 0.1) is 5.60 Å². The van der Waals surface area contributed by atoms with E-state index in [0.29, 0.717) is 5.41 Å². The molecule has 1 rings (SSSR count). The number of methoxy groups -OCH3 is 1. The molecule has 1 fully saturated rings. The summed E-state index contributed by atoms with van der Waals surface area (Å²) in [6.07, 6.45) is 7.73. The highest BCUT2D eigenvalue weighted by Gasteiger charge is 2.45. The van der Waals surface area contributed by atoms with Crippen LogP contribution in [-0.4, -0.2) is 12.7 Å². The van der Waals surface area contributed by atoms with Gasteiger partial charge in [0.2, 0.25) is 0 Å². The van der Waals surface area contributed by atoms with Gasteiger partial charge in [-0.1, -0.05) is 61.8 Å². The summed E-state index contributed by atoms with van der Waals surface area (Å²) in [5.41, 5.74) is 0.548. The zero-order chi connectivity index (χ0) is 17.8. The van der Waals surface area contributed by atoms with Crippen LogP contribution < -0.4 is 0 Å². The van der Waals surface area contributed by atoms with Gasteiger partial charge < -0.3 is 4.74 Å². The summed E-state index contributed by atoms with van der Waals surface area (Å²) in [7, 11) is 1.97. The van der Waals surface area contributed by atoms with Crippen molar-refractivity contribution in [3.8, 4) is 0 Å². The van der Waals surface area contributed by atoms with Crippen molar-refractivity contribution in [3.05, 3.63) is 0 Å². The molecule has 0 aromatic heterocycles. The lowest BCUT2D eigenvalue weighted by molar-refractivity contribution is -0.102. The van der Waals surface area contributed by atoms with Crippen molar-refractivity contribution in [3.63, 3.8) is 0 Å². The molecule has 0 amide bonds. The van der Waals surface area contributed by atoms with Gasteiger partial charge in [-0.2, -0.15) is 0 Å². The number of hydrogen-bond acceptors (Lipinski definition) is 1. The molecule has 5 atom stereocenters. The maximum absolute atomic E-state index is 6.22. The summed E-state index contributed by atoms with van der Waals surface area (Å²) in [6, 6.07) is 0. The minimum Gasteiger partial charge on any atom is -0.378 e. The summed E-state index contributed by atoms with van der Waals surface area (Å²) in [6.45, 7) is 19.2. The Bertz CT molecular complexity index is 340. The van der Waals surface area contributed by atoms with Gasteiger partial charge in [0.15, 0.2) is 0 Å². The molecule has 138 valence electrons. The molecule has 1 saturated carbocycles. The molecule has 0 heterocycles. The van der Waals surface area contributed by atoms with E-state index in [-0.39, 0.29) is 5.60 Å². The second kappa shape index (κ2) is 8.37. The van der Waals surface area contributed by atoms with Crippen LogP contribution >= 0.6 is 0 Å². The Hall–Kier alpha value is -0.0400. The Balaban J connectivity index is 2.91. The number of hydrogen-bond donors (Lipinski definition) is 0. The molecule has 0 bridgehead atoms. The van der Waals surface area contributed by atoms with E-state index >= 15 is 0 Å². The minimum absolute atomic E-state index is 0.129. The van der Waals surface area contributed by atoms with Crippen molar-refractivity contribution in [1.29, 1.82) is 0 Å². The van der Waals surface area contributed by atoms with Crippen molar-refractivity contribution in [1.82, 2.24) is 0 Å². The second-order valence-electron chi connectivity index (χ2n) is 10.1.